The van der Waals surface area contributed by atoms with Crippen LogP contribution in [-0.2, 0) is 0 Å². The monoisotopic (exact) mass is 281 g/mol. The zero-order chi connectivity index (χ0) is 13.8. The lowest BCUT2D eigenvalue weighted by molar-refractivity contribution is 0.125. The Morgan fingerprint density at radius 1 is 1.26 bits per heavy atom. The molecule has 19 heavy (non-hydrogen) atoms. The molecule has 1 aromatic carbocycles. The van der Waals surface area contributed by atoms with E-state index in [1.165, 1.54) is 0 Å². The first-order valence-corrected chi connectivity index (χ1v) is 6.99. The van der Waals surface area contributed by atoms with Gasteiger partial charge in [-0.1, -0.05) is 17.7 Å². The summed E-state index contributed by atoms with van der Waals surface area (Å²) in [5.41, 5.74) is 0.740. The molecule has 1 aromatic rings. The molecule has 0 spiro atoms. The topological polar surface area (TPSA) is 35.6 Å². The minimum atomic E-state index is -0.0503. The fraction of sp³-hybridized carbons (Fsp3) is 0.500. The van der Waals surface area contributed by atoms with Gasteiger partial charge in [-0.15, -0.1) is 0 Å². The van der Waals surface area contributed by atoms with Gasteiger partial charge in [-0.25, -0.2) is 4.79 Å². The van der Waals surface area contributed by atoms with Crippen LogP contribution in [0, 0.1) is 0 Å². The normalized spacial score (nSPS) is 16.7. The number of nitrogens with zero attached hydrogens (tertiary/aromatic N) is 2. The van der Waals surface area contributed by atoms with Crippen LogP contribution in [0.25, 0.3) is 0 Å². The van der Waals surface area contributed by atoms with Crippen LogP contribution in [0.15, 0.2) is 24.3 Å². The Bertz CT molecular complexity index is 442. The van der Waals surface area contributed by atoms with Gasteiger partial charge in [0.05, 0.1) is 0 Å². The van der Waals surface area contributed by atoms with Gasteiger partial charge in [0.15, 0.2) is 0 Å². The second-order valence-electron chi connectivity index (χ2n) is 5.06. The molecule has 104 valence electrons. The number of halogens is 1. The van der Waals surface area contributed by atoms with Crippen LogP contribution in [-0.4, -0.2) is 48.1 Å². The first-order chi connectivity index (χ1) is 9.06. The summed E-state index contributed by atoms with van der Waals surface area (Å²) in [6.45, 7) is 7.76. The highest BCUT2D eigenvalue weighted by atomic mass is 35.5. The van der Waals surface area contributed by atoms with Crippen molar-refractivity contribution in [3.8, 4) is 0 Å². The summed E-state index contributed by atoms with van der Waals surface area (Å²) in [6.07, 6.45) is 0. The van der Waals surface area contributed by atoms with Gasteiger partial charge in [0.25, 0.3) is 0 Å². The van der Waals surface area contributed by atoms with Gasteiger partial charge in [-0.3, -0.25) is 4.90 Å². The van der Waals surface area contributed by atoms with Crippen molar-refractivity contribution in [3.05, 3.63) is 29.3 Å². The Morgan fingerprint density at radius 3 is 2.53 bits per heavy atom. The molecule has 1 aliphatic rings. The molecule has 0 radical (unpaired) electrons. The number of benzene rings is 1. The molecule has 0 aromatic heterocycles. The third kappa shape index (κ3) is 3.85. The third-order valence-electron chi connectivity index (χ3n) is 3.41. The highest BCUT2D eigenvalue weighted by molar-refractivity contribution is 6.30. The van der Waals surface area contributed by atoms with E-state index >= 15 is 0 Å². The summed E-state index contributed by atoms with van der Waals surface area (Å²) in [5, 5.41) is 3.51. The van der Waals surface area contributed by atoms with E-state index in [1.807, 2.05) is 17.0 Å². The summed E-state index contributed by atoms with van der Waals surface area (Å²) < 4.78 is 0. The van der Waals surface area contributed by atoms with Crippen LogP contribution in [0.3, 0.4) is 0 Å². The number of rotatable bonds is 2. The lowest BCUT2D eigenvalue weighted by atomic mass is 10.2. The van der Waals surface area contributed by atoms with Crippen LogP contribution in [0.5, 0.6) is 0 Å². The molecule has 4 nitrogen and oxygen atoms in total. The standard InChI is InChI=1S/C14H20ClN3O/c1-11(2)17-6-8-18(9-7-17)14(19)16-13-5-3-4-12(15)10-13/h3-5,10-11H,6-9H2,1-2H3,(H,16,19). The van der Waals surface area contributed by atoms with Crippen LogP contribution >= 0.6 is 11.6 Å². The van der Waals surface area contributed by atoms with Crippen molar-refractivity contribution in [2.75, 3.05) is 31.5 Å². The predicted octanol–water partition coefficient (Wildman–Crippen LogP) is 2.90. The Balaban J connectivity index is 1.88. The average molecular weight is 282 g/mol. The number of nitrogens with one attached hydrogen (secondary N) is 1. The largest absolute Gasteiger partial charge is 0.322 e. The summed E-state index contributed by atoms with van der Waals surface area (Å²) in [5.74, 6) is 0. The van der Waals surface area contributed by atoms with Gasteiger partial charge in [0.1, 0.15) is 0 Å². The molecular formula is C14H20ClN3O. The van der Waals surface area contributed by atoms with Gasteiger partial charge < -0.3 is 10.2 Å². The van der Waals surface area contributed by atoms with E-state index in [1.54, 1.807) is 12.1 Å². The molecule has 1 saturated heterocycles. The molecule has 1 fully saturated rings. The second kappa shape index (κ2) is 6.26. The zero-order valence-corrected chi connectivity index (χ0v) is 12.2. The number of anilines is 1. The van der Waals surface area contributed by atoms with Gasteiger partial charge in [-0.05, 0) is 32.0 Å². The Morgan fingerprint density at radius 2 is 1.95 bits per heavy atom. The molecule has 2 amide bonds. The first-order valence-electron chi connectivity index (χ1n) is 6.62. The van der Waals surface area contributed by atoms with Crippen LogP contribution in [0.1, 0.15) is 13.8 Å². The SMILES string of the molecule is CC(C)N1CCN(C(=O)Nc2cccc(Cl)c2)CC1. The van der Waals surface area contributed by atoms with E-state index < -0.39 is 0 Å². The van der Waals surface area contributed by atoms with E-state index in [0.29, 0.717) is 11.1 Å². The van der Waals surface area contributed by atoms with Crippen molar-refractivity contribution in [2.45, 2.75) is 19.9 Å². The number of hydrogen-bond acceptors (Lipinski definition) is 2. The van der Waals surface area contributed by atoms with Crippen LogP contribution in [0.2, 0.25) is 5.02 Å². The number of hydrogen-bond donors (Lipinski definition) is 1. The minimum absolute atomic E-state index is 0.0503. The van der Waals surface area contributed by atoms with Gasteiger partial charge in [0.2, 0.25) is 0 Å². The van der Waals surface area contributed by atoms with Crippen LogP contribution in [0.4, 0.5) is 10.5 Å². The van der Waals surface area contributed by atoms with Crippen LogP contribution < -0.4 is 5.32 Å². The van der Waals surface area contributed by atoms with Crippen molar-refractivity contribution in [3.63, 3.8) is 0 Å². The number of amides is 2. The Kier molecular flexibility index (Phi) is 4.66. The number of carbonyl (C=O) groups excluding carboxylic acids is 1. The maximum Gasteiger partial charge on any atom is 0.321 e. The molecule has 1 aliphatic heterocycles. The quantitative estimate of drug-likeness (QED) is 0.905. The number of urea groups is 1. The number of piperazine rings is 1. The maximum absolute atomic E-state index is 12.1. The van der Waals surface area contributed by atoms with Gasteiger partial charge in [-0.2, -0.15) is 0 Å². The Labute approximate surface area is 119 Å². The molecule has 1 heterocycles. The fourth-order valence-corrected chi connectivity index (χ4v) is 2.40. The fourth-order valence-electron chi connectivity index (χ4n) is 2.21. The molecule has 2 rings (SSSR count). The molecular weight excluding hydrogens is 262 g/mol. The van der Waals surface area contributed by atoms with E-state index in [-0.39, 0.29) is 6.03 Å². The summed E-state index contributed by atoms with van der Waals surface area (Å²) in [6, 6.07) is 7.70. The Hall–Kier alpha value is -1.26. The first kappa shape index (κ1) is 14.2. The van der Waals surface area contributed by atoms with Crippen molar-refractivity contribution in [2.24, 2.45) is 0 Å². The number of carbonyl (C=O) groups is 1. The van der Waals surface area contributed by atoms with E-state index in [0.717, 1.165) is 31.9 Å². The smallest absolute Gasteiger partial charge is 0.321 e. The zero-order valence-electron chi connectivity index (χ0n) is 11.4. The van der Waals surface area contributed by atoms with E-state index in [9.17, 15) is 4.79 Å². The minimum Gasteiger partial charge on any atom is -0.322 e. The highest BCUT2D eigenvalue weighted by Gasteiger charge is 2.22. The maximum atomic E-state index is 12.1. The lowest BCUT2D eigenvalue weighted by Crippen LogP contribution is -2.51. The summed E-state index contributed by atoms with van der Waals surface area (Å²) in [4.78, 5) is 16.3. The van der Waals surface area contributed by atoms with Crippen molar-refractivity contribution >= 4 is 23.3 Å². The summed E-state index contributed by atoms with van der Waals surface area (Å²) >= 11 is 5.90. The van der Waals surface area contributed by atoms with E-state index in [2.05, 4.69) is 24.1 Å². The third-order valence-corrected chi connectivity index (χ3v) is 3.64. The molecule has 5 heteroatoms. The molecule has 0 saturated carbocycles. The van der Waals surface area contributed by atoms with Crippen molar-refractivity contribution in [1.82, 2.24) is 9.80 Å². The molecule has 0 unspecified atom stereocenters. The van der Waals surface area contributed by atoms with Crippen molar-refractivity contribution in [1.29, 1.82) is 0 Å². The van der Waals surface area contributed by atoms with E-state index in [4.69, 9.17) is 11.6 Å². The average Bonchev–Trinajstić information content (AvgIpc) is 2.39. The molecule has 0 atom stereocenters. The second-order valence-corrected chi connectivity index (χ2v) is 5.49. The summed E-state index contributed by atoms with van der Waals surface area (Å²) in [7, 11) is 0. The molecule has 0 aliphatic carbocycles. The lowest BCUT2D eigenvalue weighted by Gasteiger charge is -2.36. The van der Waals surface area contributed by atoms with Gasteiger partial charge in [0, 0.05) is 42.9 Å². The molecule has 0 bridgehead atoms. The van der Waals surface area contributed by atoms with Gasteiger partial charge >= 0.3 is 6.03 Å². The van der Waals surface area contributed by atoms with Crippen molar-refractivity contribution < 1.29 is 4.79 Å². The predicted molar refractivity (Wildman–Crippen MR) is 78.8 cm³/mol. The highest BCUT2D eigenvalue weighted by Crippen LogP contribution is 2.16. The molecule has 1 N–H and O–H groups in total.